The second-order valence-electron chi connectivity index (χ2n) is 2.97. The summed E-state index contributed by atoms with van der Waals surface area (Å²) in [5.41, 5.74) is 5.38. The standard InChI is InChI=1S/C9H18NO/c1-3-8(4-2)5-9(6-10)7-11/h8-9H,3-6,10H2,1-2H3. The van der Waals surface area contributed by atoms with Crippen molar-refractivity contribution in [2.24, 2.45) is 17.6 Å². The molecular weight excluding hydrogens is 138 g/mol. The molecule has 0 aromatic heterocycles. The molecule has 2 nitrogen and oxygen atoms in total. The number of rotatable bonds is 6. The third-order valence-electron chi connectivity index (χ3n) is 2.22. The Morgan fingerprint density at radius 2 is 1.91 bits per heavy atom. The summed E-state index contributed by atoms with van der Waals surface area (Å²) in [5.74, 6) is 0.602. The molecule has 2 N–H and O–H groups in total. The van der Waals surface area contributed by atoms with E-state index in [4.69, 9.17) is 5.73 Å². The van der Waals surface area contributed by atoms with E-state index >= 15 is 0 Å². The Labute approximate surface area is 69.2 Å². The van der Waals surface area contributed by atoms with Gasteiger partial charge in [0.15, 0.2) is 0 Å². The summed E-state index contributed by atoms with van der Waals surface area (Å²) in [6, 6.07) is 0. The van der Waals surface area contributed by atoms with Crippen molar-refractivity contribution < 1.29 is 4.79 Å². The van der Waals surface area contributed by atoms with Gasteiger partial charge >= 0.3 is 0 Å². The molecule has 0 saturated carbocycles. The molecule has 1 atom stereocenters. The Bertz CT molecular complexity index is 99.7. The fourth-order valence-electron chi connectivity index (χ4n) is 1.22. The second kappa shape index (κ2) is 6.35. The molecule has 2 heteroatoms. The van der Waals surface area contributed by atoms with E-state index in [1.165, 1.54) is 0 Å². The molecule has 0 bridgehead atoms. The minimum atomic E-state index is -0.0418. The van der Waals surface area contributed by atoms with Gasteiger partial charge in [0.1, 0.15) is 0 Å². The molecule has 65 valence electrons. The summed E-state index contributed by atoms with van der Waals surface area (Å²) in [5, 5.41) is 0. The molecule has 0 saturated heterocycles. The molecular formula is C9H18NO. The largest absolute Gasteiger partial charge is 0.330 e. The summed E-state index contributed by atoms with van der Waals surface area (Å²) >= 11 is 0. The predicted octanol–water partition coefficient (Wildman–Crippen LogP) is 1.50. The first-order valence-electron chi connectivity index (χ1n) is 4.36. The van der Waals surface area contributed by atoms with Crippen LogP contribution in [0.25, 0.3) is 0 Å². The zero-order chi connectivity index (χ0) is 8.69. The smallest absolute Gasteiger partial charge is 0.203 e. The van der Waals surface area contributed by atoms with E-state index < -0.39 is 0 Å². The first-order valence-corrected chi connectivity index (χ1v) is 4.36. The van der Waals surface area contributed by atoms with Gasteiger partial charge in [-0.1, -0.05) is 26.7 Å². The minimum absolute atomic E-state index is 0.0418. The normalized spacial score (nSPS) is 13.5. The van der Waals surface area contributed by atoms with Crippen LogP contribution >= 0.6 is 0 Å². The maximum atomic E-state index is 10.3. The Morgan fingerprint density at radius 1 is 1.36 bits per heavy atom. The van der Waals surface area contributed by atoms with Gasteiger partial charge in [0.25, 0.3) is 0 Å². The number of nitrogens with two attached hydrogens (primary N) is 1. The van der Waals surface area contributed by atoms with Crippen LogP contribution in [0.15, 0.2) is 0 Å². The highest BCUT2D eigenvalue weighted by Crippen LogP contribution is 2.16. The summed E-state index contributed by atoms with van der Waals surface area (Å²) in [6.07, 6.45) is 5.15. The van der Waals surface area contributed by atoms with Crippen molar-refractivity contribution in [3.05, 3.63) is 0 Å². The van der Waals surface area contributed by atoms with Gasteiger partial charge in [0.2, 0.25) is 6.29 Å². The van der Waals surface area contributed by atoms with Crippen molar-refractivity contribution in [3.8, 4) is 0 Å². The lowest BCUT2D eigenvalue weighted by atomic mass is 9.91. The van der Waals surface area contributed by atoms with Gasteiger partial charge in [-0.25, -0.2) is 0 Å². The van der Waals surface area contributed by atoms with Gasteiger partial charge in [-0.05, 0) is 12.3 Å². The molecule has 0 rings (SSSR count). The number of hydrogen-bond acceptors (Lipinski definition) is 2. The zero-order valence-corrected chi connectivity index (χ0v) is 7.47. The fourth-order valence-corrected chi connectivity index (χ4v) is 1.22. The van der Waals surface area contributed by atoms with Gasteiger partial charge in [0, 0.05) is 12.5 Å². The third kappa shape index (κ3) is 4.14. The van der Waals surface area contributed by atoms with Crippen LogP contribution in [0.4, 0.5) is 0 Å². The van der Waals surface area contributed by atoms with Gasteiger partial charge < -0.3 is 5.73 Å². The topological polar surface area (TPSA) is 43.1 Å². The van der Waals surface area contributed by atoms with Crippen molar-refractivity contribution >= 4 is 6.29 Å². The van der Waals surface area contributed by atoms with Gasteiger partial charge in [-0.3, -0.25) is 4.79 Å². The van der Waals surface area contributed by atoms with Crippen LogP contribution < -0.4 is 5.73 Å². The van der Waals surface area contributed by atoms with E-state index in [1.807, 2.05) is 6.29 Å². The van der Waals surface area contributed by atoms with Gasteiger partial charge in [-0.2, -0.15) is 0 Å². The van der Waals surface area contributed by atoms with E-state index in [0.717, 1.165) is 19.3 Å². The van der Waals surface area contributed by atoms with Crippen molar-refractivity contribution in [1.82, 2.24) is 0 Å². The van der Waals surface area contributed by atoms with Crippen LogP contribution in [0.2, 0.25) is 0 Å². The van der Waals surface area contributed by atoms with Crippen LogP contribution in [0.1, 0.15) is 33.1 Å². The predicted molar refractivity (Wildman–Crippen MR) is 46.9 cm³/mol. The van der Waals surface area contributed by atoms with Gasteiger partial charge in [-0.15, -0.1) is 0 Å². The molecule has 0 aromatic rings. The van der Waals surface area contributed by atoms with Crippen molar-refractivity contribution in [2.45, 2.75) is 33.1 Å². The Kier molecular flexibility index (Phi) is 6.13. The minimum Gasteiger partial charge on any atom is -0.330 e. The van der Waals surface area contributed by atoms with Crippen LogP contribution in [-0.4, -0.2) is 12.8 Å². The molecule has 0 heterocycles. The molecule has 0 amide bonds. The quantitative estimate of drug-likeness (QED) is 0.633. The molecule has 0 spiro atoms. The highest BCUT2D eigenvalue weighted by atomic mass is 16.1. The van der Waals surface area contributed by atoms with Gasteiger partial charge in [0.05, 0.1) is 0 Å². The van der Waals surface area contributed by atoms with E-state index in [2.05, 4.69) is 13.8 Å². The van der Waals surface area contributed by atoms with Crippen LogP contribution in [0, 0.1) is 11.8 Å². The van der Waals surface area contributed by atoms with Crippen molar-refractivity contribution in [2.75, 3.05) is 6.54 Å². The van der Waals surface area contributed by atoms with Crippen LogP contribution in [0.5, 0.6) is 0 Å². The number of carbonyl (C=O) groups excluding carboxylic acids is 1. The van der Waals surface area contributed by atoms with E-state index in [-0.39, 0.29) is 5.92 Å². The first-order chi connectivity index (χ1) is 5.28. The zero-order valence-electron chi connectivity index (χ0n) is 7.47. The molecule has 0 aliphatic carbocycles. The SMILES string of the molecule is CCC(CC)CC([C]=O)CN. The third-order valence-corrected chi connectivity index (χ3v) is 2.22. The van der Waals surface area contributed by atoms with Crippen LogP contribution in [-0.2, 0) is 4.79 Å². The molecule has 1 unspecified atom stereocenters. The maximum Gasteiger partial charge on any atom is 0.203 e. The van der Waals surface area contributed by atoms with Crippen LogP contribution in [0.3, 0.4) is 0 Å². The summed E-state index contributed by atoms with van der Waals surface area (Å²) in [7, 11) is 0. The average molecular weight is 156 g/mol. The summed E-state index contributed by atoms with van der Waals surface area (Å²) < 4.78 is 0. The molecule has 0 aliphatic heterocycles. The lowest BCUT2D eigenvalue weighted by Crippen LogP contribution is -2.18. The average Bonchev–Trinajstić information content (AvgIpc) is 2.07. The Morgan fingerprint density at radius 3 is 2.18 bits per heavy atom. The molecule has 1 radical (unpaired) electrons. The second-order valence-corrected chi connectivity index (χ2v) is 2.97. The molecule has 0 fully saturated rings. The Balaban J connectivity index is 3.67. The lowest BCUT2D eigenvalue weighted by molar-refractivity contribution is 0.397. The van der Waals surface area contributed by atoms with E-state index in [0.29, 0.717) is 12.5 Å². The molecule has 11 heavy (non-hydrogen) atoms. The molecule has 0 aromatic carbocycles. The fraction of sp³-hybridized carbons (Fsp3) is 0.889. The summed E-state index contributed by atoms with van der Waals surface area (Å²) in [4.78, 5) is 10.3. The molecule has 0 aliphatic rings. The highest BCUT2D eigenvalue weighted by molar-refractivity contribution is 5.54. The van der Waals surface area contributed by atoms with Crippen molar-refractivity contribution in [3.63, 3.8) is 0 Å². The van der Waals surface area contributed by atoms with Crippen molar-refractivity contribution in [1.29, 1.82) is 0 Å². The first kappa shape index (κ1) is 10.6. The Hall–Kier alpha value is -0.370. The maximum absolute atomic E-state index is 10.3. The monoisotopic (exact) mass is 156 g/mol. The lowest BCUT2D eigenvalue weighted by Gasteiger charge is -2.14. The summed E-state index contributed by atoms with van der Waals surface area (Å²) in [6.45, 7) is 4.74. The van der Waals surface area contributed by atoms with E-state index in [1.54, 1.807) is 0 Å². The highest BCUT2D eigenvalue weighted by Gasteiger charge is 2.11. The van der Waals surface area contributed by atoms with E-state index in [9.17, 15) is 4.79 Å². The number of hydrogen-bond donors (Lipinski definition) is 1.